The fraction of sp³-hybridized carbons (Fsp3) is 0.533. The molecule has 2 atom stereocenters. The molecule has 1 amide bonds. The van der Waals surface area contributed by atoms with Crippen LogP contribution in [0.1, 0.15) is 18.4 Å². The summed E-state index contributed by atoms with van der Waals surface area (Å²) in [4.78, 5) is 15.2. The summed E-state index contributed by atoms with van der Waals surface area (Å²) in [6.07, 6.45) is 0. The summed E-state index contributed by atoms with van der Waals surface area (Å²) in [5.41, 5.74) is 1.46. The van der Waals surface area contributed by atoms with Crippen molar-refractivity contribution in [3.05, 3.63) is 29.8 Å². The van der Waals surface area contributed by atoms with E-state index in [0.29, 0.717) is 5.92 Å². The molecular formula is C15H22N2OS. The van der Waals surface area contributed by atoms with Gasteiger partial charge in [0.1, 0.15) is 0 Å². The Morgan fingerprint density at radius 1 is 1.53 bits per heavy atom. The molecule has 19 heavy (non-hydrogen) atoms. The highest BCUT2D eigenvalue weighted by Crippen LogP contribution is 2.39. The molecule has 2 rings (SSSR count). The maximum Gasteiger partial charge on any atom is 0.223 e. The van der Waals surface area contributed by atoms with Crippen molar-refractivity contribution in [2.75, 3.05) is 32.9 Å². The summed E-state index contributed by atoms with van der Waals surface area (Å²) in [6.45, 7) is 3.81. The molecule has 0 aliphatic carbocycles. The summed E-state index contributed by atoms with van der Waals surface area (Å²) >= 11 is 1.94. The van der Waals surface area contributed by atoms with Crippen LogP contribution in [0.5, 0.6) is 0 Å². The van der Waals surface area contributed by atoms with Crippen molar-refractivity contribution in [2.45, 2.75) is 17.7 Å². The second-order valence-electron chi connectivity index (χ2n) is 5.28. The number of carbonyl (C=O) groups excluding carboxylic acids is 1. The van der Waals surface area contributed by atoms with E-state index in [4.69, 9.17) is 0 Å². The monoisotopic (exact) mass is 278 g/mol. The predicted octanol–water partition coefficient (Wildman–Crippen LogP) is 2.19. The van der Waals surface area contributed by atoms with Crippen LogP contribution in [0, 0.1) is 5.92 Å². The molecule has 0 saturated carbocycles. The van der Waals surface area contributed by atoms with Crippen LogP contribution in [0.25, 0.3) is 0 Å². The molecule has 1 heterocycles. The van der Waals surface area contributed by atoms with Gasteiger partial charge < -0.3 is 10.2 Å². The van der Waals surface area contributed by atoms with Gasteiger partial charge in [0.05, 0.1) is 0 Å². The van der Waals surface area contributed by atoms with Crippen LogP contribution in [0.4, 0.5) is 0 Å². The van der Waals surface area contributed by atoms with Crippen LogP contribution in [-0.4, -0.2) is 43.7 Å². The number of rotatable bonds is 5. The molecule has 3 nitrogen and oxygen atoms in total. The van der Waals surface area contributed by atoms with E-state index in [-0.39, 0.29) is 11.8 Å². The van der Waals surface area contributed by atoms with Crippen molar-refractivity contribution in [3.8, 4) is 0 Å². The summed E-state index contributed by atoms with van der Waals surface area (Å²) in [5.74, 6) is 1.90. The lowest BCUT2D eigenvalue weighted by molar-refractivity contribution is -0.124. The molecule has 1 aliphatic rings. The van der Waals surface area contributed by atoms with Crippen molar-refractivity contribution in [1.82, 2.24) is 10.2 Å². The van der Waals surface area contributed by atoms with Crippen LogP contribution in [-0.2, 0) is 4.79 Å². The largest absolute Gasteiger partial charge is 0.359 e. The van der Waals surface area contributed by atoms with Gasteiger partial charge in [0.2, 0.25) is 5.91 Å². The Morgan fingerprint density at radius 2 is 2.26 bits per heavy atom. The third-order valence-electron chi connectivity index (χ3n) is 3.61. The number of fused-ring (bicyclic) bond motifs is 1. The minimum Gasteiger partial charge on any atom is -0.359 e. The fourth-order valence-electron chi connectivity index (χ4n) is 2.63. The molecule has 1 aromatic rings. The second-order valence-corrected chi connectivity index (χ2v) is 6.34. The molecule has 2 unspecified atom stereocenters. The molecule has 0 saturated heterocycles. The van der Waals surface area contributed by atoms with Gasteiger partial charge in [-0.25, -0.2) is 0 Å². The highest BCUT2D eigenvalue weighted by molar-refractivity contribution is 7.99. The minimum absolute atomic E-state index is 0.0410. The first-order valence-electron chi connectivity index (χ1n) is 6.73. The molecule has 1 N–H and O–H groups in total. The average molecular weight is 278 g/mol. The lowest BCUT2D eigenvalue weighted by Crippen LogP contribution is -2.36. The number of likely N-dealkylation sites (N-methyl/N-ethyl adjacent to an activating group) is 1. The van der Waals surface area contributed by atoms with Gasteiger partial charge in [0, 0.05) is 42.6 Å². The van der Waals surface area contributed by atoms with Gasteiger partial charge in [-0.2, -0.15) is 0 Å². The fourth-order valence-corrected chi connectivity index (χ4v) is 3.87. The smallest absolute Gasteiger partial charge is 0.223 e. The standard InChI is InChI=1S/C15H22N2OS/c1-11(15(18)16-2)8-17(3)9-12-10-19-14-7-5-4-6-13(12)14/h4-7,11-12H,8-10H2,1-3H3,(H,16,18). The van der Waals surface area contributed by atoms with E-state index in [2.05, 4.69) is 41.5 Å². The Bertz CT molecular complexity index is 450. The summed E-state index contributed by atoms with van der Waals surface area (Å²) in [6, 6.07) is 8.65. The number of nitrogens with one attached hydrogen (secondary N) is 1. The van der Waals surface area contributed by atoms with Crippen molar-refractivity contribution in [3.63, 3.8) is 0 Å². The summed E-state index contributed by atoms with van der Waals surface area (Å²) < 4.78 is 0. The topological polar surface area (TPSA) is 32.3 Å². The first-order valence-corrected chi connectivity index (χ1v) is 7.72. The maximum absolute atomic E-state index is 11.5. The van der Waals surface area contributed by atoms with Crippen molar-refractivity contribution < 1.29 is 4.79 Å². The molecule has 0 bridgehead atoms. The number of amides is 1. The zero-order chi connectivity index (χ0) is 13.8. The van der Waals surface area contributed by atoms with Crippen LogP contribution < -0.4 is 5.32 Å². The molecule has 0 aromatic heterocycles. The Kier molecular flexibility index (Phi) is 4.88. The number of hydrogen-bond acceptors (Lipinski definition) is 3. The molecule has 1 aliphatic heterocycles. The van der Waals surface area contributed by atoms with Crippen LogP contribution in [0.2, 0.25) is 0 Å². The molecule has 1 aromatic carbocycles. The quantitative estimate of drug-likeness (QED) is 0.896. The van der Waals surface area contributed by atoms with E-state index in [1.807, 2.05) is 18.7 Å². The molecule has 0 spiro atoms. The predicted molar refractivity (Wildman–Crippen MR) is 80.6 cm³/mol. The molecule has 0 radical (unpaired) electrons. The number of carbonyl (C=O) groups is 1. The second kappa shape index (κ2) is 6.44. The first-order chi connectivity index (χ1) is 9.11. The van der Waals surface area contributed by atoms with Crippen molar-refractivity contribution in [2.24, 2.45) is 5.92 Å². The molecule has 4 heteroatoms. The van der Waals surface area contributed by atoms with E-state index >= 15 is 0 Å². The molecular weight excluding hydrogens is 256 g/mol. The van der Waals surface area contributed by atoms with E-state index in [0.717, 1.165) is 18.8 Å². The minimum atomic E-state index is 0.0410. The Labute approximate surface area is 119 Å². The van der Waals surface area contributed by atoms with Gasteiger partial charge in [-0.15, -0.1) is 11.8 Å². The van der Waals surface area contributed by atoms with Gasteiger partial charge in [-0.1, -0.05) is 25.1 Å². The Morgan fingerprint density at radius 3 is 3.00 bits per heavy atom. The third kappa shape index (κ3) is 3.51. The number of hydrogen-bond donors (Lipinski definition) is 1. The first kappa shape index (κ1) is 14.4. The van der Waals surface area contributed by atoms with Crippen LogP contribution in [0.15, 0.2) is 29.2 Å². The van der Waals surface area contributed by atoms with Crippen molar-refractivity contribution >= 4 is 17.7 Å². The van der Waals surface area contributed by atoms with E-state index in [9.17, 15) is 4.79 Å². The number of benzene rings is 1. The van der Waals surface area contributed by atoms with Gasteiger partial charge in [-0.3, -0.25) is 4.79 Å². The zero-order valence-corrected chi connectivity index (χ0v) is 12.7. The van der Waals surface area contributed by atoms with Gasteiger partial charge in [-0.05, 0) is 18.7 Å². The van der Waals surface area contributed by atoms with Crippen molar-refractivity contribution in [1.29, 1.82) is 0 Å². The SMILES string of the molecule is CNC(=O)C(C)CN(C)CC1CSc2ccccc21. The summed E-state index contributed by atoms with van der Waals surface area (Å²) in [5, 5.41) is 2.71. The van der Waals surface area contributed by atoms with Gasteiger partial charge >= 0.3 is 0 Å². The van der Waals surface area contributed by atoms with E-state index < -0.39 is 0 Å². The average Bonchev–Trinajstić information content (AvgIpc) is 2.81. The maximum atomic E-state index is 11.5. The number of nitrogens with zero attached hydrogens (tertiary/aromatic N) is 1. The lowest BCUT2D eigenvalue weighted by Gasteiger charge is -2.23. The van der Waals surface area contributed by atoms with Gasteiger partial charge in [0.15, 0.2) is 0 Å². The molecule has 0 fully saturated rings. The van der Waals surface area contributed by atoms with Gasteiger partial charge in [0.25, 0.3) is 0 Å². The zero-order valence-electron chi connectivity index (χ0n) is 11.8. The Balaban J connectivity index is 1.90. The lowest BCUT2D eigenvalue weighted by atomic mass is 10.0. The normalized spacial score (nSPS) is 19.3. The van der Waals surface area contributed by atoms with Crippen LogP contribution in [0.3, 0.4) is 0 Å². The summed E-state index contributed by atoms with van der Waals surface area (Å²) in [7, 11) is 3.80. The van der Waals surface area contributed by atoms with E-state index in [1.54, 1.807) is 7.05 Å². The Hall–Kier alpha value is -1.00. The highest BCUT2D eigenvalue weighted by atomic mass is 32.2. The number of thioether (sulfide) groups is 1. The third-order valence-corrected chi connectivity index (χ3v) is 4.86. The highest BCUT2D eigenvalue weighted by Gasteiger charge is 2.24. The molecule has 104 valence electrons. The van der Waals surface area contributed by atoms with E-state index in [1.165, 1.54) is 10.5 Å². The van der Waals surface area contributed by atoms with Crippen LogP contribution >= 0.6 is 11.8 Å².